The normalized spacial score (nSPS) is 11.6. The molecule has 0 saturated heterocycles. The van der Waals surface area contributed by atoms with E-state index in [0.717, 1.165) is 23.6 Å². The number of nitrogens with zero attached hydrogens (tertiary/aromatic N) is 4. The molecule has 158 valence electrons. The molecule has 0 bridgehead atoms. The van der Waals surface area contributed by atoms with Crippen LogP contribution in [0.4, 0.5) is 18.9 Å². The molecule has 4 rings (SSSR count). The lowest BCUT2D eigenvalue weighted by Gasteiger charge is -2.10. The van der Waals surface area contributed by atoms with Crippen molar-refractivity contribution >= 4 is 17.4 Å². The van der Waals surface area contributed by atoms with Crippen molar-refractivity contribution in [1.82, 2.24) is 19.6 Å². The monoisotopic (exact) mass is 425 g/mol. The van der Waals surface area contributed by atoms with Gasteiger partial charge in [-0.2, -0.15) is 22.7 Å². The van der Waals surface area contributed by atoms with Crippen LogP contribution in [0.2, 0.25) is 0 Å². The first kappa shape index (κ1) is 20.5. The SMILES string of the molecule is CCc1ccc(NC(=O)c2nc3nc(-c4ccc(C)cc4)cc(C(F)(F)F)n3n2)cc1. The first-order valence-corrected chi connectivity index (χ1v) is 9.57. The van der Waals surface area contributed by atoms with Gasteiger partial charge in [-0.1, -0.05) is 48.9 Å². The summed E-state index contributed by atoms with van der Waals surface area (Å²) in [5, 5.41) is 6.36. The van der Waals surface area contributed by atoms with Crippen molar-refractivity contribution < 1.29 is 18.0 Å². The number of carbonyl (C=O) groups excluding carboxylic acids is 1. The van der Waals surface area contributed by atoms with Gasteiger partial charge in [-0.25, -0.2) is 4.98 Å². The molecule has 2 aromatic heterocycles. The highest BCUT2D eigenvalue weighted by molar-refractivity contribution is 6.01. The van der Waals surface area contributed by atoms with Crippen LogP contribution in [0.1, 0.15) is 34.4 Å². The number of fused-ring (bicyclic) bond motifs is 1. The number of aromatic nitrogens is 4. The number of benzene rings is 2. The molecule has 0 fully saturated rings. The minimum absolute atomic E-state index is 0.0920. The average Bonchev–Trinajstić information content (AvgIpc) is 3.17. The van der Waals surface area contributed by atoms with E-state index in [4.69, 9.17) is 0 Å². The minimum Gasteiger partial charge on any atom is -0.319 e. The smallest absolute Gasteiger partial charge is 0.319 e. The van der Waals surface area contributed by atoms with Gasteiger partial charge < -0.3 is 5.32 Å². The molecule has 0 aliphatic heterocycles. The first-order chi connectivity index (χ1) is 14.7. The topological polar surface area (TPSA) is 72.2 Å². The summed E-state index contributed by atoms with van der Waals surface area (Å²) in [6.45, 7) is 3.88. The second-order valence-electron chi connectivity index (χ2n) is 7.04. The van der Waals surface area contributed by atoms with Crippen LogP contribution in [0.15, 0.2) is 54.6 Å². The molecule has 0 radical (unpaired) electrons. The zero-order valence-corrected chi connectivity index (χ0v) is 16.7. The van der Waals surface area contributed by atoms with Gasteiger partial charge in [0.25, 0.3) is 11.7 Å². The van der Waals surface area contributed by atoms with Crippen LogP contribution in [0.3, 0.4) is 0 Å². The summed E-state index contributed by atoms with van der Waals surface area (Å²) < 4.78 is 41.6. The Hall–Kier alpha value is -3.75. The molecule has 0 aliphatic rings. The van der Waals surface area contributed by atoms with E-state index < -0.39 is 23.6 Å². The Morgan fingerprint density at radius 1 is 1.03 bits per heavy atom. The van der Waals surface area contributed by atoms with E-state index in [1.165, 1.54) is 0 Å². The average molecular weight is 425 g/mol. The molecular formula is C22H18F3N5O. The molecule has 0 spiro atoms. The standard InChI is InChI=1S/C22H18F3N5O/c1-3-14-6-10-16(11-7-14)26-20(31)19-28-21-27-17(15-8-4-13(2)5-9-15)12-18(22(23,24)25)30(21)29-19/h4-12H,3H2,1-2H3,(H,26,31). The van der Waals surface area contributed by atoms with Crippen molar-refractivity contribution in [3.05, 3.63) is 77.2 Å². The molecule has 0 saturated carbocycles. The maximum absolute atomic E-state index is 13.7. The Balaban J connectivity index is 1.74. The fourth-order valence-electron chi connectivity index (χ4n) is 3.05. The molecule has 31 heavy (non-hydrogen) atoms. The quantitative estimate of drug-likeness (QED) is 0.503. The van der Waals surface area contributed by atoms with Crippen LogP contribution in [0.25, 0.3) is 17.0 Å². The van der Waals surface area contributed by atoms with Gasteiger partial charge in [0.15, 0.2) is 5.69 Å². The summed E-state index contributed by atoms with van der Waals surface area (Å²) >= 11 is 0. The highest BCUT2D eigenvalue weighted by Crippen LogP contribution is 2.32. The van der Waals surface area contributed by atoms with E-state index in [1.54, 1.807) is 36.4 Å². The Kier molecular flexibility index (Phi) is 5.18. The van der Waals surface area contributed by atoms with E-state index in [1.807, 2.05) is 26.0 Å². The molecular weight excluding hydrogens is 407 g/mol. The van der Waals surface area contributed by atoms with E-state index in [-0.39, 0.29) is 11.5 Å². The van der Waals surface area contributed by atoms with Crippen LogP contribution < -0.4 is 5.32 Å². The number of anilines is 1. The number of hydrogen-bond donors (Lipinski definition) is 1. The Bertz CT molecular complexity index is 1250. The van der Waals surface area contributed by atoms with Crippen molar-refractivity contribution in [1.29, 1.82) is 0 Å². The first-order valence-electron chi connectivity index (χ1n) is 9.57. The number of rotatable bonds is 4. The maximum Gasteiger partial charge on any atom is 0.433 e. The van der Waals surface area contributed by atoms with Crippen molar-refractivity contribution in [2.24, 2.45) is 0 Å². The lowest BCUT2D eigenvalue weighted by molar-refractivity contribution is -0.142. The molecule has 9 heteroatoms. The van der Waals surface area contributed by atoms with Crippen LogP contribution >= 0.6 is 0 Å². The molecule has 1 amide bonds. The second-order valence-corrected chi connectivity index (χ2v) is 7.04. The molecule has 0 aliphatic carbocycles. The Morgan fingerprint density at radius 2 is 1.71 bits per heavy atom. The Labute approximate surface area is 175 Å². The highest BCUT2D eigenvalue weighted by Gasteiger charge is 2.36. The number of alkyl halides is 3. The number of carbonyl (C=O) groups is 1. The fourth-order valence-corrected chi connectivity index (χ4v) is 3.05. The van der Waals surface area contributed by atoms with Crippen molar-refractivity contribution in [3.63, 3.8) is 0 Å². The number of hydrogen-bond acceptors (Lipinski definition) is 4. The van der Waals surface area contributed by atoms with Gasteiger partial charge in [-0.15, -0.1) is 5.10 Å². The predicted molar refractivity (Wildman–Crippen MR) is 110 cm³/mol. The van der Waals surface area contributed by atoms with Crippen molar-refractivity contribution in [3.8, 4) is 11.3 Å². The van der Waals surface area contributed by atoms with Crippen LogP contribution in [-0.2, 0) is 12.6 Å². The fraction of sp³-hybridized carbons (Fsp3) is 0.182. The third-order valence-electron chi connectivity index (χ3n) is 4.77. The number of amides is 1. The van der Waals surface area contributed by atoms with E-state index in [2.05, 4.69) is 20.4 Å². The summed E-state index contributed by atoms with van der Waals surface area (Å²) in [5.41, 5.74) is 2.08. The number of halogens is 3. The lowest BCUT2D eigenvalue weighted by Crippen LogP contribution is -2.16. The summed E-state index contributed by atoms with van der Waals surface area (Å²) in [6, 6.07) is 14.9. The van der Waals surface area contributed by atoms with Crippen LogP contribution in [0, 0.1) is 6.92 Å². The van der Waals surface area contributed by atoms with Gasteiger partial charge in [0.2, 0.25) is 5.82 Å². The second kappa shape index (κ2) is 7.82. The highest BCUT2D eigenvalue weighted by atomic mass is 19.4. The largest absolute Gasteiger partial charge is 0.433 e. The van der Waals surface area contributed by atoms with E-state index in [9.17, 15) is 18.0 Å². The molecule has 1 N–H and O–H groups in total. The van der Waals surface area contributed by atoms with Gasteiger partial charge in [0, 0.05) is 11.3 Å². The summed E-state index contributed by atoms with van der Waals surface area (Å²) in [7, 11) is 0. The summed E-state index contributed by atoms with van der Waals surface area (Å²) in [5.74, 6) is -1.43. The van der Waals surface area contributed by atoms with Crippen LogP contribution in [0.5, 0.6) is 0 Å². The van der Waals surface area contributed by atoms with Crippen molar-refractivity contribution in [2.75, 3.05) is 5.32 Å². The summed E-state index contributed by atoms with van der Waals surface area (Å²) in [6.07, 6.45) is -3.87. The van der Waals surface area contributed by atoms with Gasteiger partial charge in [0.05, 0.1) is 5.69 Å². The third-order valence-corrected chi connectivity index (χ3v) is 4.77. The number of aryl methyl sites for hydroxylation is 2. The molecule has 2 aromatic carbocycles. The molecule has 0 atom stereocenters. The predicted octanol–water partition coefficient (Wildman–Crippen LogP) is 4.93. The van der Waals surface area contributed by atoms with Crippen molar-refractivity contribution in [2.45, 2.75) is 26.4 Å². The van der Waals surface area contributed by atoms with Gasteiger partial charge in [-0.05, 0) is 37.1 Å². The van der Waals surface area contributed by atoms with Crippen LogP contribution in [-0.4, -0.2) is 25.5 Å². The number of nitrogens with one attached hydrogen (secondary N) is 1. The van der Waals surface area contributed by atoms with Gasteiger partial charge >= 0.3 is 6.18 Å². The molecule has 6 nitrogen and oxygen atoms in total. The zero-order chi connectivity index (χ0) is 22.2. The zero-order valence-electron chi connectivity index (χ0n) is 16.7. The Morgan fingerprint density at radius 3 is 2.32 bits per heavy atom. The molecule has 0 unspecified atom stereocenters. The van der Waals surface area contributed by atoms with E-state index in [0.29, 0.717) is 15.8 Å². The maximum atomic E-state index is 13.7. The van der Waals surface area contributed by atoms with E-state index >= 15 is 0 Å². The van der Waals surface area contributed by atoms with Gasteiger partial charge in [0.1, 0.15) is 0 Å². The van der Waals surface area contributed by atoms with Gasteiger partial charge in [-0.3, -0.25) is 4.79 Å². The minimum atomic E-state index is -4.71. The summed E-state index contributed by atoms with van der Waals surface area (Å²) in [4.78, 5) is 20.7. The molecule has 4 aromatic rings. The molecule has 2 heterocycles. The third kappa shape index (κ3) is 4.25. The lowest BCUT2D eigenvalue weighted by atomic mass is 10.1.